The number of anilines is 2. The number of nitrogens with two attached hydrogens (primary N) is 1. The summed E-state index contributed by atoms with van der Waals surface area (Å²) in [4.78, 5) is 0.133. The molecule has 0 spiro atoms. The lowest BCUT2D eigenvalue weighted by atomic mass is 9.97. The van der Waals surface area contributed by atoms with Crippen LogP contribution in [-0.2, 0) is 10.0 Å². The average molecular weight is 301 g/mol. The van der Waals surface area contributed by atoms with Crippen LogP contribution in [0, 0.1) is 0 Å². The number of hydrogen-bond acceptors (Lipinski definition) is 5. The summed E-state index contributed by atoms with van der Waals surface area (Å²) in [5.74, 6) is 0. The molecule has 6 nitrogen and oxygen atoms in total. The van der Waals surface area contributed by atoms with Crippen molar-refractivity contribution >= 4 is 21.4 Å². The maximum Gasteiger partial charge on any atom is 0.240 e. The lowest BCUT2D eigenvalue weighted by Crippen LogP contribution is -2.35. The van der Waals surface area contributed by atoms with E-state index in [0.717, 1.165) is 0 Å². The Kier molecular flexibility index (Phi) is 5.38. The first-order chi connectivity index (χ1) is 9.28. The summed E-state index contributed by atoms with van der Waals surface area (Å²) in [5, 5.41) is 13.2. The third kappa shape index (κ3) is 3.84. The highest BCUT2D eigenvalue weighted by Crippen LogP contribution is 2.24. The maximum absolute atomic E-state index is 11.7. The number of rotatable bonds is 7. The largest absolute Gasteiger partial charge is 0.397 e. The lowest BCUT2D eigenvalue weighted by molar-refractivity contribution is 0.0457. The molecule has 0 aliphatic carbocycles. The molecule has 0 saturated carbocycles. The molecule has 7 heteroatoms. The summed E-state index contributed by atoms with van der Waals surface area (Å²) in [6.45, 7) is 4.11. The third-order valence-electron chi connectivity index (χ3n) is 3.53. The molecule has 0 aromatic heterocycles. The smallest absolute Gasteiger partial charge is 0.240 e. The van der Waals surface area contributed by atoms with Crippen molar-refractivity contribution < 1.29 is 13.5 Å². The van der Waals surface area contributed by atoms with Gasteiger partial charge in [0, 0.05) is 6.54 Å². The fourth-order valence-corrected chi connectivity index (χ4v) is 2.49. The summed E-state index contributed by atoms with van der Waals surface area (Å²) in [6.07, 6.45) is 1.20. The van der Waals surface area contributed by atoms with Gasteiger partial charge in [0.25, 0.3) is 0 Å². The summed E-state index contributed by atoms with van der Waals surface area (Å²) >= 11 is 0. The number of aliphatic hydroxyl groups is 1. The van der Waals surface area contributed by atoms with Gasteiger partial charge in [0.15, 0.2) is 0 Å². The topological polar surface area (TPSA) is 104 Å². The van der Waals surface area contributed by atoms with E-state index < -0.39 is 15.6 Å². The molecule has 0 aliphatic rings. The molecule has 0 unspecified atom stereocenters. The molecule has 0 radical (unpaired) electrons. The number of nitrogens with one attached hydrogen (secondary N) is 2. The highest BCUT2D eigenvalue weighted by atomic mass is 32.2. The van der Waals surface area contributed by atoms with Crippen molar-refractivity contribution in [2.75, 3.05) is 24.6 Å². The number of hydrogen-bond donors (Lipinski definition) is 4. The molecular weight excluding hydrogens is 278 g/mol. The Morgan fingerprint density at radius 3 is 2.40 bits per heavy atom. The van der Waals surface area contributed by atoms with E-state index in [0.29, 0.717) is 30.8 Å². The number of sulfonamides is 1. The highest BCUT2D eigenvalue weighted by molar-refractivity contribution is 7.89. The van der Waals surface area contributed by atoms with Gasteiger partial charge >= 0.3 is 0 Å². The molecule has 1 aromatic carbocycles. The third-order valence-corrected chi connectivity index (χ3v) is 4.94. The lowest BCUT2D eigenvalue weighted by Gasteiger charge is -2.26. The Hall–Kier alpha value is -1.31. The zero-order chi connectivity index (χ0) is 15.4. The predicted octanol–water partition coefficient (Wildman–Crippen LogP) is 1.14. The summed E-state index contributed by atoms with van der Waals surface area (Å²) in [5.41, 5.74) is 5.94. The van der Waals surface area contributed by atoms with Crippen LogP contribution in [0.1, 0.15) is 26.7 Å². The van der Waals surface area contributed by atoms with E-state index in [-0.39, 0.29) is 4.90 Å². The maximum atomic E-state index is 11.7. The number of nitrogen functional groups attached to an aromatic ring is 1. The molecule has 5 N–H and O–H groups in total. The van der Waals surface area contributed by atoms with Crippen molar-refractivity contribution in [1.82, 2.24) is 4.72 Å². The Bertz CT molecular complexity index is 554. The molecular formula is C13H23N3O3S. The SMILES string of the molecule is CCC(O)(CC)CNc1cc(S(=O)(=O)NC)ccc1N. The van der Waals surface area contributed by atoms with Crippen molar-refractivity contribution in [3.63, 3.8) is 0 Å². The van der Waals surface area contributed by atoms with Gasteiger partial charge in [0.2, 0.25) is 10.0 Å². The van der Waals surface area contributed by atoms with E-state index in [1.165, 1.54) is 25.2 Å². The van der Waals surface area contributed by atoms with Crippen molar-refractivity contribution in [1.29, 1.82) is 0 Å². The Morgan fingerprint density at radius 2 is 1.90 bits per heavy atom. The number of benzene rings is 1. The van der Waals surface area contributed by atoms with Gasteiger partial charge in [-0.25, -0.2) is 13.1 Å². The normalized spacial score (nSPS) is 12.4. The predicted molar refractivity (Wildman–Crippen MR) is 81.1 cm³/mol. The molecule has 0 heterocycles. The minimum Gasteiger partial charge on any atom is -0.397 e. The molecule has 0 amide bonds. The van der Waals surface area contributed by atoms with E-state index in [4.69, 9.17) is 5.73 Å². The van der Waals surface area contributed by atoms with E-state index >= 15 is 0 Å². The van der Waals surface area contributed by atoms with Gasteiger partial charge in [-0.2, -0.15) is 0 Å². The molecule has 0 bridgehead atoms. The fourth-order valence-electron chi connectivity index (χ4n) is 1.73. The highest BCUT2D eigenvalue weighted by Gasteiger charge is 2.22. The van der Waals surface area contributed by atoms with Crippen LogP contribution < -0.4 is 15.8 Å². The van der Waals surface area contributed by atoms with Gasteiger partial charge in [-0.3, -0.25) is 0 Å². The fraction of sp³-hybridized carbons (Fsp3) is 0.538. The average Bonchev–Trinajstić information content (AvgIpc) is 2.45. The van der Waals surface area contributed by atoms with Gasteiger partial charge < -0.3 is 16.2 Å². The van der Waals surface area contributed by atoms with Crippen LogP contribution in [0.15, 0.2) is 23.1 Å². The molecule has 1 aromatic rings. The van der Waals surface area contributed by atoms with E-state index in [2.05, 4.69) is 10.0 Å². The second kappa shape index (κ2) is 6.43. The van der Waals surface area contributed by atoms with Gasteiger partial charge in [-0.1, -0.05) is 13.8 Å². The van der Waals surface area contributed by atoms with Crippen molar-refractivity contribution in [2.24, 2.45) is 0 Å². The Labute approximate surface area is 120 Å². The molecule has 0 atom stereocenters. The molecule has 0 saturated heterocycles. The first-order valence-electron chi connectivity index (χ1n) is 6.57. The van der Waals surface area contributed by atoms with E-state index in [9.17, 15) is 13.5 Å². The van der Waals surface area contributed by atoms with Crippen molar-refractivity contribution in [2.45, 2.75) is 37.2 Å². The Balaban J connectivity index is 2.99. The van der Waals surface area contributed by atoms with Gasteiger partial charge in [-0.15, -0.1) is 0 Å². The first-order valence-corrected chi connectivity index (χ1v) is 8.05. The van der Waals surface area contributed by atoms with Crippen LogP contribution in [0.25, 0.3) is 0 Å². The second-order valence-electron chi connectivity index (χ2n) is 4.74. The van der Waals surface area contributed by atoms with Crippen molar-refractivity contribution in [3.05, 3.63) is 18.2 Å². The Morgan fingerprint density at radius 1 is 1.30 bits per heavy atom. The zero-order valence-electron chi connectivity index (χ0n) is 12.1. The van der Waals surface area contributed by atoms with E-state index in [1.807, 2.05) is 13.8 Å². The van der Waals surface area contributed by atoms with E-state index in [1.54, 1.807) is 0 Å². The minimum atomic E-state index is -3.51. The quantitative estimate of drug-likeness (QED) is 0.565. The van der Waals surface area contributed by atoms with Gasteiger partial charge in [0.05, 0.1) is 21.9 Å². The summed E-state index contributed by atoms with van der Waals surface area (Å²) in [6, 6.07) is 4.44. The van der Waals surface area contributed by atoms with Gasteiger partial charge in [-0.05, 0) is 38.1 Å². The van der Waals surface area contributed by atoms with Crippen LogP contribution in [0.5, 0.6) is 0 Å². The monoisotopic (exact) mass is 301 g/mol. The van der Waals surface area contributed by atoms with Crippen LogP contribution in [0.4, 0.5) is 11.4 Å². The second-order valence-corrected chi connectivity index (χ2v) is 6.63. The van der Waals surface area contributed by atoms with Crippen LogP contribution in [-0.4, -0.2) is 32.7 Å². The summed E-state index contributed by atoms with van der Waals surface area (Å²) in [7, 11) is -2.16. The van der Waals surface area contributed by atoms with Crippen LogP contribution in [0.3, 0.4) is 0 Å². The molecule has 1 rings (SSSR count). The minimum absolute atomic E-state index is 0.133. The standard InChI is InChI=1S/C13H23N3O3S/c1-4-13(17,5-2)9-16-12-8-10(6-7-11(12)14)20(18,19)15-3/h6-8,15-17H,4-5,9,14H2,1-3H3. The molecule has 114 valence electrons. The zero-order valence-corrected chi connectivity index (χ0v) is 12.9. The first kappa shape index (κ1) is 16.7. The van der Waals surface area contributed by atoms with Crippen LogP contribution >= 0.6 is 0 Å². The summed E-state index contributed by atoms with van der Waals surface area (Å²) < 4.78 is 25.8. The molecule has 0 fully saturated rings. The van der Waals surface area contributed by atoms with Crippen molar-refractivity contribution in [3.8, 4) is 0 Å². The van der Waals surface area contributed by atoms with Crippen LogP contribution in [0.2, 0.25) is 0 Å². The molecule has 0 aliphatic heterocycles. The molecule has 20 heavy (non-hydrogen) atoms. The van der Waals surface area contributed by atoms with Gasteiger partial charge in [0.1, 0.15) is 0 Å².